The van der Waals surface area contributed by atoms with Crippen LogP contribution in [0.1, 0.15) is 45.2 Å². The number of carbonyl (C=O) groups excluding carboxylic acids is 1. The van der Waals surface area contributed by atoms with Crippen molar-refractivity contribution in [3.05, 3.63) is 106 Å². The second kappa shape index (κ2) is 12.1. The Morgan fingerprint density at radius 2 is 1.92 bits per heavy atom. The minimum absolute atomic E-state index is 0. The van der Waals surface area contributed by atoms with Gasteiger partial charge < -0.3 is 14.6 Å². The van der Waals surface area contributed by atoms with E-state index in [0.29, 0.717) is 33.7 Å². The third-order valence-corrected chi connectivity index (χ3v) is 7.37. The molecule has 184 valence electrons. The number of benzene rings is 3. The molecule has 0 bridgehead atoms. The van der Waals surface area contributed by atoms with Crippen molar-refractivity contribution in [3.8, 4) is 11.8 Å². The molecule has 0 saturated heterocycles. The molecule has 1 unspecified atom stereocenters. The van der Waals surface area contributed by atoms with Crippen LogP contribution < -0.4 is 39.4 Å². The minimum atomic E-state index is -1.12. The maximum absolute atomic E-state index is 13.6. The molecule has 3 aromatic carbocycles. The summed E-state index contributed by atoms with van der Waals surface area (Å²) in [6, 6.07) is 19.0. The first-order valence-corrected chi connectivity index (χ1v) is 12.5. The van der Waals surface area contributed by atoms with Gasteiger partial charge in [-0.3, -0.25) is 0 Å². The average molecular weight is 537 g/mol. The van der Waals surface area contributed by atoms with Crippen molar-refractivity contribution >= 4 is 40.8 Å². The van der Waals surface area contributed by atoms with Crippen molar-refractivity contribution in [1.82, 2.24) is 4.98 Å². The van der Waals surface area contributed by atoms with Crippen LogP contribution in [0.4, 0.5) is 8.78 Å². The topological polar surface area (TPSA) is 86.0 Å². The van der Waals surface area contributed by atoms with Gasteiger partial charge in [0.1, 0.15) is 12.4 Å². The molecule has 1 aliphatic rings. The van der Waals surface area contributed by atoms with Crippen LogP contribution in [0.5, 0.6) is 5.75 Å². The monoisotopic (exact) mass is 536 g/mol. The Hall–Kier alpha value is -3.22. The fourth-order valence-corrected chi connectivity index (χ4v) is 5.57. The number of fused-ring (bicyclic) bond motifs is 3. The number of aliphatic carboxylic acids is 1. The molecule has 0 N–H and O–H groups in total. The van der Waals surface area contributed by atoms with Gasteiger partial charge in [-0.25, -0.2) is 13.8 Å². The number of halogens is 2. The molecule has 9 heteroatoms. The van der Waals surface area contributed by atoms with E-state index in [9.17, 15) is 23.9 Å². The van der Waals surface area contributed by atoms with Gasteiger partial charge in [-0.15, -0.1) is 11.8 Å². The first kappa shape index (κ1) is 27.8. The van der Waals surface area contributed by atoms with Crippen molar-refractivity contribution in [1.29, 1.82) is 5.26 Å². The van der Waals surface area contributed by atoms with Crippen LogP contribution in [0, 0.1) is 23.0 Å². The van der Waals surface area contributed by atoms with Crippen LogP contribution in [-0.4, -0.2) is 16.7 Å². The Balaban J connectivity index is 0.00000336. The standard InChI is InChI=1S/C29H20F2N2O3S.Na/c30-24-13-18-6-8-20(33-26(18)14-25(24)31)7-4-17-5-9-27-22(12-17)29(37-11-10-28(34)35)21-3-1-2-19(15-32)23(21)16-36-27;/h1-9,12-14,29H,10-11,16H2,(H,34,35);/q;+1/p-1/b7-4+;. The van der Waals surface area contributed by atoms with Crippen LogP contribution in [0.15, 0.2) is 60.7 Å². The third kappa shape index (κ3) is 5.92. The van der Waals surface area contributed by atoms with Crippen LogP contribution >= 0.6 is 11.8 Å². The molecule has 0 amide bonds. The Bertz CT molecular complexity index is 1600. The molecule has 4 aromatic rings. The van der Waals surface area contributed by atoms with E-state index in [0.717, 1.165) is 34.4 Å². The predicted octanol–water partition coefficient (Wildman–Crippen LogP) is 2.41. The molecule has 5 rings (SSSR count). The summed E-state index contributed by atoms with van der Waals surface area (Å²) in [7, 11) is 0. The number of carbonyl (C=O) groups is 1. The largest absolute Gasteiger partial charge is 1.00 e. The van der Waals surface area contributed by atoms with Gasteiger partial charge in [-0.2, -0.15) is 5.26 Å². The quantitative estimate of drug-likeness (QED) is 0.352. The minimum Gasteiger partial charge on any atom is -0.550 e. The van der Waals surface area contributed by atoms with Gasteiger partial charge in [0, 0.05) is 28.5 Å². The van der Waals surface area contributed by atoms with Gasteiger partial charge in [0.25, 0.3) is 0 Å². The van der Waals surface area contributed by atoms with E-state index >= 15 is 0 Å². The van der Waals surface area contributed by atoms with Gasteiger partial charge >= 0.3 is 29.6 Å². The molecule has 0 aliphatic carbocycles. The van der Waals surface area contributed by atoms with Crippen LogP contribution in [-0.2, 0) is 11.4 Å². The maximum Gasteiger partial charge on any atom is 1.00 e. The molecule has 1 aliphatic heterocycles. The van der Waals surface area contributed by atoms with Crippen molar-refractivity contribution in [2.24, 2.45) is 0 Å². The van der Waals surface area contributed by atoms with Crippen molar-refractivity contribution in [2.75, 3.05) is 5.75 Å². The maximum atomic E-state index is 13.6. The van der Waals surface area contributed by atoms with E-state index < -0.39 is 17.6 Å². The molecular formula is C29H19F2N2NaO3S. The molecule has 0 fully saturated rings. The molecule has 38 heavy (non-hydrogen) atoms. The van der Waals surface area contributed by atoms with Gasteiger partial charge in [0.05, 0.1) is 28.1 Å². The van der Waals surface area contributed by atoms with Crippen LogP contribution in [0.3, 0.4) is 0 Å². The first-order chi connectivity index (χ1) is 17.9. The zero-order chi connectivity index (χ0) is 25.9. The molecule has 2 heterocycles. The summed E-state index contributed by atoms with van der Waals surface area (Å²) < 4.78 is 33.2. The summed E-state index contributed by atoms with van der Waals surface area (Å²) in [4.78, 5) is 15.4. The van der Waals surface area contributed by atoms with Gasteiger partial charge in [-0.1, -0.05) is 30.3 Å². The summed E-state index contributed by atoms with van der Waals surface area (Å²) in [6.45, 7) is 0.233. The van der Waals surface area contributed by atoms with E-state index in [4.69, 9.17) is 4.74 Å². The number of pyridine rings is 1. The molecule has 1 aromatic heterocycles. The van der Waals surface area contributed by atoms with Gasteiger partial charge in [-0.05, 0) is 59.7 Å². The van der Waals surface area contributed by atoms with E-state index in [-0.39, 0.29) is 47.8 Å². The Kier molecular flexibility index (Phi) is 8.85. The summed E-state index contributed by atoms with van der Waals surface area (Å²) in [5.41, 5.74) is 4.86. The number of aromatic nitrogens is 1. The number of carboxylic acid groups (broad SMARTS) is 1. The number of nitrogens with zero attached hydrogens (tertiary/aromatic N) is 2. The van der Waals surface area contributed by atoms with Crippen molar-refractivity contribution in [3.63, 3.8) is 0 Å². The van der Waals surface area contributed by atoms with E-state index in [1.165, 1.54) is 11.8 Å². The number of carboxylic acids is 1. The number of rotatable bonds is 6. The summed E-state index contributed by atoms with van der Waals surface area (Å²) in [5, 5.41) is 20.9. The van der Waals surface area contributed by atoms with E-state index in [2.05, 4.69) is 11.1 Å². The summed E-state index contributed by atoms with van der Waals surface area (Å²) >= 11 is 1.46. The predicted molar refractivity (Wildman–Crippen MR) is 136 cm³/mol. The van der Waals surface area contributed by atoms with Crippen molar-refractivity contribution < 1.29 is 53.0 Å². The van der Waals surface area contributed by atoms with Crippen LogP contribution in [0.2, 0.25) is 0 Å². The Morgan fingerprint density at radius 3 is 2.71 bits per heavy atom. The summed E-state index contributed by atoms with van der Waals surface area (Å²) in [5.74, 6) is -1.99. The zero-order valence-corrected chi connectivity index (χ0v) is 23.2. The molecule has 1 atom stereocenters. The number of hydrogen-bond acceptors (Lipinski definition) is 6. The van der Waals surface area contributed by atoms with E-state index in [1.807, 2.05) is 36.4 Å². The fourth-order valence-electron chi connectivity index (χ4n) is 4.29. The normalized spacial score (nSPS) is 14.1. The number of ether oxygens (including phenoxy) is 1. The fraction of sp³-hybridized carbons (Fsp3) is 0.138. The number of nitriles is 1. The second-order valence-corrected chi connectivity index (χ2v) is 9.69. The molecule has 0 radical (unpaired) electrons. The number of hydrogen-bond donors (Lipinski definition) is 0. The molecule has 0 saturated carbocycles. The molecule has 0 spiro atoms. The molecule has 5 nitrogen and oxygen atoms in total. The Morgan fingerprint density at radius 1 is 1.11 bits per heavy atom. The second-order valence-electron chi connectivity index (χ2n) is 8.47. The first-order valence-electron chi connectivity index (χ1n) is 11.5. The average Bonchev–Trinajstić information content (AvgIpc) is 3.04. The smallest absolute Gasteiger partial charge is 0.550 e. The van der Waals surface area contributed by atoms with Gasteiger partial charge in [0.2, 0.25) is 0 Å². The Labute approximate surface area is 244 Å². The van der Waals surface area contributed by atoms with Crippen LogP contribution in [0.25, 0.3) is 23.1 Å². The third-order valence-electron chi connectivity index (χ3n) is 6.09. The van der Waals surface area contributed by atoms with Crippen molar-refractivity contribution in [2.45, 2.75) is 18.3 Å². The summed E-state index contributed by atoms with van der Waals surface area (Å²) in [6.07, 6.45) is 3.54. The SMILES string of the molecule is N#Cc1cccc2c1COc1ccc(/C=C/c3ccc4cc(F)c(F)cc4n3)cc1C2SCCC(=O)[O-].[Na+]. The number of thioether (sulfide) groups is 1. The molecular weight excluding hydrogens is 517 g/mol. The van der Waals surface area contributed by atoms with E-state index in [1.54, 1.807) is 24.3 Å². The van der Waals surface area contributed by atoms with Gasteiger partial charge in [0.15, 0.2) is 11.6 Å². The zero-order valence-electron chi connectivity index (χ0n) is 20.4.